The van der Waals surface area contributed by atoms with Crippen LogP contribution in [0.5, 0.6) is 5.75 Å². The maximum Gasteiger partial charge on any atom is 0.453 e. The van der Waals surface area contributed by atoms with Crippen molar-refractivity contribution in [1.29, 1.82) is 0 Å². The molecule has 5 aromatic carbocycles. The molecule has 0 saturated carbocycles. The SMILES string of the molecule is CC(C)(C)c1cc(C(C)(C)C)c2op(Oc3ccccc3P(c3ccccc3)c3ccccc3)oc3c(C(C)(C)C)cc(C(C)(C)C)cc3c2c1. The zero-order chi connectivity index (χ0) is 36.9. The van der Waals surface area contributed by atoms with Crippen molar-refractivity contribution in [3.8, 4) is 5.75 Å². The molecule has 6 rings (SSSR count). The average molecular weight is 717 g/mol. The largest absolute Gasteiger partial charge is 0.453 e. The fourth-order valence-corrected chi connectivity index (χ4v) is 9.99. The Morgan fingerprint density at radius 3 is 1.25 bits per heavy atom. The average Bonchev–Trinajstić information content (AvgIpc) is 3.20. The van der Waals surface area contributed by atoms with Gasteiger partial charge in [-0.15, -0.1) is 0 Å². The molecule has 0 aliphatic carbocycles. The van der Waals surface area contributed by atoms with Gasteiger partial charge < -0.3 is 12.9 Å². The van der Waals surface area contributed by atoms with E-state index in [0.29, 0.717) is 0 Å². The predicted octanol–water partition coefficient (Wildman–Crippen LogP) is 13.1. The fourth-order valence-electron chi connectivity index (χ4n) is 6.42. The minimum absolute atomic E-state index is 0.0664. The third-order valence-electron chi connectivity index (χ3n) is 9.46. The van der Waals surface area contributed by atoms with E-state index in [-0.39, 0.29) is 21.7 Å². The number of fused-ring (bicyclic) bond motifs is 3. The molecular formula is C46H54O3P2. The summed E-state index contributed by atoms with van der Waals surface area (Å²) in [5, 5.41) is 5.78. The molecule has 0 unspecified atom stereocenters. The van der Waals surface area contributed by atoms with Gasteiger partial charge in [0.2, 0.25) is 0 Å². The summed E-state index contributed by atoms with van der Waals surface area (Å²) in [5.74, 6) is 0.777. The van der Waals surface area contributed by atoms with Gasteiger partial charge in [0, 0.05) is 27.2 Å². The summed E-state index contributed by atoms with van der Waals surface area (Å²) >= 11 is 0. The van der Waals surface area contributed by atoms with Gasteiger partial charge in [0.25, 0.3) is 0 Å². The summed E-state index contributed by atoms with van der Waals surface area (Å²) < 4.78 is 21.3. The van der Waals surface area contributed by atoms with Gasteiger partial charge in [-0.05, 0) is 69.5 Å². The Hall–Kier alpha value is -3.77. The van der Waals surface area contributed by atoms with Crippen LogP contribution in [0.4, 0.5) is 0 Å². The molecule has 0 aliphatic heterocycles. The third-order valence-corrected chi connectivity index (χ3v) is 12.9. The lowest BCUT2D eigenvalue weighted by Crippen LogP contribution is -2.21. The normalized spacial score (nSPS) is 12.9. The monoisotopic (exact) mass is 716 g/mol. The molecule has 51 heavy (non-hydrogen) atoms. The fraction of sp³-hybridized carbons (Fsp3) is 0.348. The quantitative estimate of drug-likeness (QED) is 0.167. The number of benzene rings is 5. The molecule has 0 aliphatic rings. The van der Waals surface area contributed by atoms with Crippen molar-refractivity contribution in [3.63, 3.8) is 0 Å². The zero-order valence-corrected chi connectivity index (χ0v) is 34.3. The number of rotatable bonds is 5. The molecule has 0 amide bonds. The van der Waals surface area contributed by atoms with E-state index in [1.165, 1.54) is 21.7 Å². The van der Waals surface area contributed by atoms with Crippen LogP contribution in [0, 0.1) is 0 Å². The predicted molar refractivity (Wildman–Crippen MR) is 222 cm³/mol. The van der Waals surface area contributed by atoms with Gasteiger partial charge in [-0.2, -0.15) is 0 Å². The highest BCUT2D eigenvalue weighted by Crippen LogP contribution is 2.47. The Kier molecular flexibility index (Phi) is 9.91. The maximum atomic E-state index is 7.14. The highest BCUT2D eigenvalue weighted by atomic mass is 31.1. The van der Waals surface area contributed by atoms with Crippen LogP contribution in [0.15, 0.2) is 118 Å². The number of hydrogen-bond acceptors (Lipinski definition) is 3. The first kappa shape index (κ1) is 37.0. The van der Waals surface area contributed by atoms with Crippen molar-refractivity contribution in [3.05, 3.63) is 131 Å². The van der Waals surface area contributed by atoms with Gasteiger partial charge in [-0.3, -0.25) is 0 Å². The van der Waals surface area contributed by atoms with Crippen molar-refractivity contribution >= 4 is 54.0 Å². The summed E-state index contributed by atoms with van der Waals surface area (Å²) in [6, 6.07) is 39.3. The topological polar surface area (TPSA) is 35.5 Å². The van der Waals surface area contributed by atoms with Crippen molar-refractivity contribution < 1.29 is 12.9 Å². The van der Waals surface area contributed by atoms with Crippen LogP contribution < -0.4 is 20.4 Å². The van der Waals surface area contributed by atoms with E-state index in [2.05, 4.69) is 186 Å². The van der Waals surface area contributed by atoms with Gasteiger partial charge in [0.05, 0.1) is 0 Å². The molecule has 6 aromatic rings. The minimum Gasteiger partial charge on any atom is -0.390 e. The molecule has 0 radical (unpaired) electrons. The molecule has 1 heterocycles. The molecule has 3 nitrogen and oxygen atoms in total. The summed E-state index contributed by atoms with van der Waals surface area (Å²) in [6.07, 6.45) is 0. The van der Waals surface area contributed by atoms with Gasteiger partial charge in [0.15, 0.2) is 0 Å². The Labute approximate surface area is 307 Å². The van der Waals surface area contributed by atoms with Crippen molar-refractivity contribution in [1.82, 2.24) is 0 Å². The summed E-state index contributed by atoms with van der Waals surface area (Å²) in [5.41, 5.74) is 6.01. The van der Waals surface area contributed by atoms with Crippen LogP contribution in [-0.2, 0) is 21.7 Å². The van der Waals surface area contributed by atoms with E-state index in [0.717, 1.165) is 44.1 Å². The molecule has 0 saturated heterocycles. The Morgan fingerprint density at radius 1 is 0.471 bits per heavy atom. The molecule has 0 spiro atoms. The van der Waals surface area contributed by atoms with Gasteiger partial charge in [-0.25, -0.2) is 0 Å². The molecule has 0 bridgehead atoms. The Morgan fingerprint density at radius 2 is 0.863 bits per heavy atom. The van der Waals surface area contributed by atoms with Crippen molar-refractivity contribution in [2.75, 3.05) is 0 Å². The van der Waals surface area contributed by atoms with E-state index in [4.69, 9.17) is 12.9 Å². The summed E-state index contributed by atoms with van der Waals surface area (Å²) in [6.45, 7) is 27.3. The lowest BCUT2D eigenvalue weighted by Gasteiger charge is -2.27. The molecule has 266 valence electrons. The summed E-state index contributed by atoms with van der Waals surface area (Å²) in [4.78, 5) is 0. The molecule has 1 aromatic heterocycles. The van der Waals surface area contributed by atoms with Crippen molar-refractivity contribution in [2.45, 2.75) is 105 Å². The second kappa shape index (κ2) is 13.7. The molecule has 5 heteroatoms. The van der Waals surface area contributed by atoms with Crippen molar-refractivity contribution in [2.24, 2.45) is 0 Å². The van der Waals surface area contributed by atoms with E-state index in [9.17, 15) is 0 Å². The molecule has 0 N–H and O–H groups in total. The first-order chi connectivity index (χ1) is 23.8. The highest BCUT2D eigenvalue weighted by molar-refractivity contribution is 7.80. The van der Waals surface area contributed by atoms with Gasteiger partial charge >= 0.3 is 8.24 Å². The van der Waals surface area contributed by atoms with E-state index >= 15 is 0 Å². The van der Waals surface area contributed by atoms with Gasteiger partial charge in [-0.1, -0.05) is 174 Å². The maximum absolute atomic E-state index is 7.14. The second-order valence-electron chi connectivity index (χ2n) is 17.8. The first-order valence-corrected chi connectivity index (χ1v) is 20.5. The smallest absolute Gasteiger partial charge is 0.390 e. The standard InChI is InChI=1S/C46H54O3P2/c1-43(2,3)31-27-35-36-28-32(44(4,5)6)30-38(46(10,11)12)42(36)49-51(48-41(35)37(29-31)45(7,8)9)47-39-25-19-20-26-40(39)50(33-21-15-13-16-22-33)34-23-17-14-18-24-34/h13-30H,1-12H3. The first-order valence-electron chi connectivity index (χ1n) is 18.0. The van der Waals surface area contributed by atoms with E-state index in [1.54, 1.807) is 0 Å². The minimum atomic E-state index is -1.92. The molecule has 0 fully saturated rings. The van der Waals surface area contributed by atoms with E-state index in [1.807, 2.05) is 6.07 Å². The van der Waals surface area contributed by atoms with Crippen LogP contribution in [0.1, 0.15) is 105 Å². The highest BCUT2D eigenvalue weighted by Gasteiger charge is 2.29. The molecular weight excluding hydrogens is 662 g/mol. The lowest BCUT2D eigenvalue weighted by molar-refractivity contribution is 0.490. The number of para-hydroxylation sites is 1. The summed E-state index contributed by atoms with van der Waals surface area (Å²) in [7, 11) is -2.83. The van der Waals surface area contributed by atoms with Crippen LogP contribution in [0.25, 0.3) is 21.9 Å². The van der Waals surface area contributed by atoms with Gasteiger partial charge in [0.1, 0.15) is 16.9 Å². The van der Waals surface area contributed by atoms with Crippen LogP contribution >= 0.6 is 16.2 Å². The third kappa shape index (κ3) is 7.87. The van der Waals surface area contributed by atoms with Crippen LogP contribution in [0.3, 0.4) is 0 Å². The second-order valence-corrected chi connectivity index (χ2v) is 21.0. The zero-order valence-electron chi connectivity index (χ0n) is 32.5. The van der Waals surface area contributed by atoms with Crippen LogP contribution in [-0.4, -0.2) is 0 Å². The lowest BCUT2D eigenvalue weighted by atomic mass is 9.77. The van der Waals surface area contributed by atoms with Crippen LogP contribution in [0.2, 0.25) is 0 Å². The Balaban J connectivity index is 1.72. The van der Waals surface area contributed by atoms with E-state index < -0.39 is 16.2 Å². The molecule has 0 atom stereocenters. The Bertz CT molecular complexity index is 2070. The number of hydrogen-bond donors (Lipinski definition) is 0.